The van der Waals surface area contributed by atoms with E-state index in [9.17, 15) is 9.59 Å². The highest BCUT2D eigenvalue weighted by molar-refractivity contribution is 6.30. The number of fused-ring (bicyclic) bond motifs is 1. The number of nitrogens with zero attached hydrogens (tertiary/aromatic N) is 1. The van der Waals surface area contributed by atoms with Gasteiger partial charge in [-0.3, -0.25) is 9.59 Å². The maximum absolute atomic E-state index is 13.1. The van der Waals surface area contributed by atoms with Crippen LogP contribution in [0.15, 0.2) is 48.5 Å². The van der Waals surface area contributed by atoms with Crippen molar-refractivity contribution in [3.63, 3.8) is 0 Å². The van der Waals surface area contributed by atoms with Crippen molar-refractivity contribution in [1.82, 2.24) is 0 Å². The molecule has 1 aliphatic heterocycles. The van der Waals surface area contributed by atoms with Gasteiger partial charge in [-0.1, -0.05) is 44.2 Å². The molecule has 0 aliphatic carbocycles. The first kappa shape index (κ1) is 17.5. The van der Waals surface area contributed by atoms with Crippen LogP contribution in [0.1, 0.15) is 35.9 Å². The highest BCUT2D eigenvalue weighted by Crippen LogP contribution is 2.40. The van der Waals surface area contributed by atoms with Gasteiger partial charge in [0.25, 0.3) is 5.91 Å². The predicted octanol–water partition coefficient (Wildman–Crippen LogP) is 4.23. The number of hydrogen-bond acceptors (Lipinski definition) is 3. The van der Waals surface area contributed by atoms with Gasteiger partial charge in [-0.25, -0.2) is 0 Å². The molecule has 1 heterocycles. The fourth-order valence-corrected chi connectivity index (χ4v) is 3.06. The smallest absolute Gasteiger partial charge is 0.272 e. The van der Waals surface area contributed by atoms with Crippen LogP contribution in [0.5, 0.6) is 5.75 Å². The first-order valence-electron chi connectivity index (χ1n) is 8.27. The van der Waals surface area contributed by atoms with Crippen LogP contribution in [0.4, 0.5) is 5.69 Å². The van der Waals surface area contributed by atoms with Crippen molar-refractivity contribution in [2.45, 2.75) is 20.0 Å². The molecule has 4 nitrogen and oxygen atoms in total. The molecule has 0 fully saturated rings. The zero-order chi connectivity index (χ0) is 18.0. The van der Waals surface area contributed by atoms with E-state index in [1.807, 2.05) is 44.2 Å². The molecule has 5 heteroatoms. The Morgan fingerprint density at radius 3 is 2.56 bits per heavy atom. The average molecular weight is 358 g/mol. The monoisotopic (exact) mass is 357 g/mol. The van der Waals surface area contributed by atoms with Crippen LogP contribution in [0.25, 0.3) is 0 Å². The summed E-state index contributed by atoms with van der Waals surface area (Å²) in [6.45, 7) is 4.65. The van der Waals surface area contributed by atoms with E-state index in [4.69, 9.17) is 16.3 Å². The molecule has 0 bridgehead atoms. The Bertz CT molecular complexity index is 789. The Kier molecular flexibility index (Phi) is 5.09. The number of rotatable bonds is 5. The van der Waals surface area contributed by atoms with E-state index >= 15 is 0 Å². The van der Waals surface area contributed by atoms with Gasteiger partial charge in [0, 0.05) is 17.7 Å². The number of alkyl halides is 1. The van der Waals surface area contributed by atoms with E-state index < -0.39 is 6.10 Å². The van der Waals surface area contributed by atoms with Crippen molar-refractivity contribution in [1.29, 1.82) is 0 Å². The van der Waals surface area contributed by atoms with Gasteiger partial charge in [-0.15, -0.1) is 11.6 Å². The molecule has 0 spiro atoms. The number of amides is 1. The molecule has 0 saturated carbocycles. The van der Waals surface area contributed by atoms with E-state index in [0.717, 1.165) is 5.56 Å². The summed E-state index contributed by atoms with van der Waals surface area (Å²) in [6.07, 6.45) is -0.679. The van der Waals surface area contributed by atoms with Crippen LogP contribution in [-0.4, -0.2) is 24.1 Å². The Labute approximate surface area is 152 Å². The standard InChI is InChI=1S/C20H20ClNO3/c1-13(2)12-22-16-10-15(17(23)11-21)8-9-18(16)25-19(20(22)24)14-6-4-3-5-7-14/h3-10,13,19H,11-12H2,1-2H3. The SMILES string of the molecule is CC(C)CN1C(=O)C(c2ccccc2)Oc2ccc(C(=O)CCl)cc21. The van der Waals surface area contributed by atoms with Gasteiger partial charge in [0.05, 0.1) is 11.6 Å². The maximum atomic E-state index is 13.1. The molecule has 2 aromatic rings. The lowest BCUT2D eigenvalue weighted by Crippen LogP contribution is -2.43. The molecule has 25 heavy (non-hydrogen) atoms. The van der Waals surface area contributed by atoms with E-state index in [2.05, 4.69) is 0 Å². The normalized spacial score (nSPS) is 16.6. The number of carbonyl (C=O) groups excluding carboxylic acids is 2. The summed E-state index contributed by atoms with van der Waals surface area (Å²) in [5.74, 6) is 0.484. The van der Waals surface area contributed by atoms with Gasteiger partial charge in [-0.2, -0.15) is 0 Å². The number of Topliss-reactive ketones (excluding diaryl/α,β-unsaturated/α-hetero) is 1. The summed E-state index contributed by atoms with van der Waals surface area (Å²) in [7, 11) is 0. The van der Waals surface area contributed by atoms with Crippen LogP contribution in [0.3, 0.4) is 0 Å². The molecule has 130 valence electrons. The Morgan fingerprint density at radius 2 is 1.92 bits per heavy atom. The van der Waals surface area contributed by atoms with Crippen LogP contribution in [-0.2, 0) is 4.79 Å². The molecule has 0 radical (unpaired) electrons. The number of anilines is 1. The molecule has 0 saturated heterocycles. The van der Waals surface area contributed by atoms with Crippen LogP contribution >= 0.6 is 11.6 Å². The third kappa shape index (κ3) is 3.54. The van der Waals surface area contributed by atoms with Crippen LogP contribution in [0.2, 0.25) is 0 Å². The minimum atomic E-state index is -0.679. The first-order valence-corrected chi connectivity index (χ1v) is 8.81. The molecule has 1 aliphatic rings. The number of carbonyl (C=O) groups is 2. The van der Waals surface area contributed by atoms with E-state index in [0.29, 0.717) is 23.5 Å². The summed E-state index contributed by atoms with van der Waals surface area (Å²) in [5.41, 5.74) is 1.92. The molecule has 1 unspecified atom stereocenters. The van der Waals surface area contributed by atoms with Crippen molar-refractivity contribution >= 4 is 29.0 Å². The van der Waals surface area contributed by atoms with E-state index in [1.54, 1.807) is 23.1 Å². The highest BCUT2D eigenvalue weighted by Gasteiger charge is 2.36. The first-order chi connectivity index (χ1) is 12.0. The van der Waals surface area contributed by atoms with Crippen molar-refractivity contribution in [2.75, 3.05) is 17.3 Å². The van der Waals surface area contributed by atoms with Gasteiger partial charge in [-0.05, 0) is 24.1 Å². The number of benzene rings is 2. The second kappa shape index (κ2) is 7.28. The molecule has 0 aromatic heterocycles. The second-order valence-corrected chi connectivity index (χ2v) is 6.76. The third-order valence-electron chi connectivity index (χ3n) is 4.08. The summed E-state index contributed by atoms with van der Waals surface area (Å²) in [6, 6.07) is 14.6. The molecular weight excluding hydrogens is 338 g/mol. The fourth-order valence-electron chi connectivity index (χ4n) is 2.91. The van der Waals surface area contributed by atoms with E-state index in [1.165, 1.54) is 0 Å². The summed E-state index contributed by atoms with van der Waals surface area (Å²) in [4.78, 5) is 26.7. The maximum Gasteiger partial charge on any atom is 0.272 e. The molecule has 1 amide bonds. The topological polar surface area (TPSA) is 46.6 Å². The minimum Gasteiger partial charge on any atom is -0.474 e. The largest absolute Gasteiger partial charge is 0.474 e. The van der Waals surface area contributed by atoms with Crippen LogP contribution < -0.4 is 9.64 Å². The summed E-state index contributed by atoms with van der Waals surface area (Å²) < 4.78 is 5.97. The lowest BCUT2D eigenvalue weighted by molar-refractivity contribution is -0.126. The lowest BCUT2D eigenvalue weighted by Gasteiger charge is -2.35. The number of hydrogen-bond donors (Lipinski definition) is 0. The molecule has 2 aromatic carbocycles. The Balaban J connectivity index is 2.05. The highest BCUT2D eigenvalue weighted by atomic mass is 35.5. The van der Waals surface area contributed by atoms with Crippen LogP contribution in [0, 0.1) is 5.92 Å². The van der Waals surface area contributed by atoms with Gasteiger partial charge in [0.2, 0.25) is 6.10 Å². The van der Waals surface area contributed by atoms with Crippen molar-refractivity contribution in [3.8, 4) is 5.75 Å². The fraction of sp³-hybridized carbons (Fsp3) is 0.300. The number of halogens is 1. The van der Waals surface area contributed by atoms with Crippen molar-refractivity contribution < 1.29 is 14.3 Å². The number of ketones is 1. The van der Waals surface area contributed by atoms with Gasteiger partial charge >= 0.3 is 0 Å². The zero-order valence-corrected chi connectivity index (χ0v) is 15.0. The third-order valence-corrected chi connectivity index (χ3v) is 4.32. The molecule has 1 atom stereocenters. The minimum absolute atomic E-state index is 0.0928. The summed E-state index contributed by atoms with van der Waals surface area (Å²) in [5, 5.41) is 0. The average Bonchev–Trinajstić information content (AvgIpc) is 2.63. The predicted molar refractivity (Wildman–Crippen MR) is 98.5 cm³/mol. The number of ether oxygens (including phenoxy) is 1. The molecule has 3 rings (SSSR count). The summed E-state index contributed by atoms with van der Waals surface area (Å²) >= 11 is 5.66. The zero-order valence-electron chi connectivity index (χ0n) is 14.2. The lowest BCUT2D eigenvalue weighted by atomic mass is 10.0. The van der Waals surface area contributed by atoms with Crippen molar-refractivity contribution in [3.05, 3.63) is 59.7 Å². The Morgan fingerprint density at radius 1 is 1.20 bits per heavy atom. The quantitative estimate of drug-likeness (QED) is 0.594. The molecule has 0 N–H and O–H groups in total. The van der Waals surface area contributed by atoms with Gasteiger partial charge < -0.3 is 9.64 Å². The van der Waals surface area contributed by atoms with Gasteiger partial charge in [0.15, 0.2) is 5.78 Å². The van der Waals surface area contributed by atoms with Gasteiger partial charge in [0.1, 0.15) is 5.75 Å². The Hall–Kier alpha value is -2.33. The second-order valence-electron chi connectivity index (χ2n) is 6.49. The molecular formula is C20H20ClNO3. The van der Waals surface area contributed by atoms with Crippen molar-refractivity contribution in [2.24, 2.45) is 5.92 Å². The van der Waals surface area contributed by atoms with E-state index in [-0.39, 0.29) is 23.5 Å².